The normalized spacial score (nSPS) is 19.3. The molecular weight excluding hydrogens is 919 g/mol. The van der Waals surface area contributed by atoms with E-state index in [4.69, 9.17) is 14.2 Å². The minimum absolute atomic E-state index is 0.0682. The molecule has 0 aliphatic carbocycles. The van der Waals surface area contributed by atoms with Crippen LogP contribution in [0.5, 0.6) is 17.2 Å². The molecule has 22 heteroatoms. The van der Waals surface area contributed by atoms with E-state index >= 15 is 8.78 Å². The quantitative estimate of drug-likeness (QED) is 0.142. The number of fused-ring (bicyclic) bond motifs is 2. The van der Waals surface area contributed by atoms with Crippen LogP contribution in [-0.2, 0) is 31.6 Å². The molecule has 0 unspecified atom stereocenters. The van der Waals surface area contributed by atoms with Crippen LogP contribution in [0.25, 0.3) is 21.8 Å². The number of halogens is 2. The Labute approximate surface area is 396 Å². The zero-order valence-corrected chi connectivity index (χ0v) is 39.4. The third kappa shape index (κ3) is 9.06. The number of nitriles is 1. The minimum Gasteiger partial charge on any atom is -0.496 e. The fourth-order valence-electron chi connectivity index (χ4n) is 9.85. The van der Waals surface area contributed by atoms with Gasteiger partial charge in [0, 0.05) is 88.2 Å². The van der Waals surface area contributed by atoms with Gasteiger partial charge in [0.25, 0.3) is 0 Å². The number of piperidine rings is 2. The van der Waals surface area contributed by atoms with Crippen molar-refractivity contribution < 1.29 is 50.9 Å². The smallest absolute Gasteiger partial charge is 0.329 e. The Morgan fingerprint density at radius 1 is 1.04 bits per heavy atom. The van der Waals surface area contributed by atoms with E-state index in [2.05, 4.69) is 20.1 Å². The summed E-state index contributed by atoms with van der Waals surface area (Å²) in [6.45, 7) is 3.82. The summed E-state index contributed by atoms with van der Waals surface area (Å²) in [5.41, 5.74) is 0.0297. The number of aromatic nitrogens is 3. The number of rotatable bonds is 12. The summed E-state index contributed by atoms with van der Waals surface area (Å²) < 4.78 is 79.9. The van der Waals surface area contributed by atoms with Gasteiger partial charge in [-0.25, -0.2) is 13.6 Å². The van der Waals surface area contributed by atoms with E-state index in [1.165, 1.54) is 25.1 Å². The Bertz CT molecular complexity index is 3040. The van der Waals surface area contributed by atoms with Crippen molar-refractivity contribution >= 4 is 67.1 Å². The molecule has 4 aliphatic heterocycles. The van der Waals surface area contributed by atoms with E-state index < -0.39 is 44.8 Å². The predicted molar refractivity (Wildman–Crippen MR) is 249 cm³/mol. The monoisotopic (exact) mass is 970 g/mol. The fraction of sp³-hybridized carbons (Fsp3) is 0.447. The maximum absolute atomic E-state index is 15.8. The molecule has 1 atom stereocenters. The van der Waals surface area contributed by atoms with Crippen molar-refractivity contribution in [3.05, 3.63) is 71.4 Å². The Hall–Kier alpha value is -6.67. The zero-order valence-electron chi connectivity index (χ0n) is 38.6. The van der Waals surface area contributed by atoms with Gasteiger partial charge in [0.2, 0.25) is 11.8 Å². The molecule has 3 aromatic carbocycles. The van der Waals surface area contributed by atoms with Gasteiger partial charge < -0.3 is 29.1 Å². The molecular formula is C47H52F2N10O9S. The van der Waals surface area contributed by atoms with Gasteiger partial charge in [-0.3, -0.25) is 34.2 Å². The molecule has 69 heavy (non-hydrogen) atoms. The third-order valence-corrected chi connectivity index (χ3v) is 15.5. The summed E-state index contributed by atoms with van der Waals surface area (Å²) in [5, 5.41) is 29.4. The SMILES string of the molecule is CCN(C)S(=O)(=O)Nc1ccc(F)c(Oc2ccc3ncc([C@@H]4COC5(CCN(C(=O)CC6(O)CCN(c7cc8c(cc7F)c(N7CCC(=O)NC7=O)nn8C)CC6)CC5)C4)c(OC)c3c2)c1C#N. The number of hydrogen-bond donors (Lipinski definition) is 3. The minimum atomic E-state index is -4.03. The number of amides is 4. The fourth-order valence-corrected chi connectivity index (χ4v) is 10.8. The molecule has 0 bridgehead atoms. The average Bonchev–Trinajstić information content (AvgIpc) is 3.88. The first kappa shape index (κ1) is 47.4. The molecule has 364 valence electrons. The highest BCUT2D eigenvalue weighted by atomic mass is 32.2. The highest BCUT2D eigenvalue weighted by Gasteiger charge is 2.46. The molecule has 0 radical (unpaired) electrons. The van der Waals surface area contributed by atoms with E-state index in [0.717, 1.165) is 22.0 Å². The summed E-state index contributed by atoms with van der Waals surface area (Å²) in [6.07, 6.45) is 4.08. The molecule has 2 aromatic heterocycles. The molecule has 4 amide bonds. The van der Waals surface area contributed by atoms with Crippen molar-refractivity contribution in [1.82, 2.24) is 29.3 Å². The Morgan fingerprint density at radius 3 is 2.49 bits per heavy atom. The third-order valence-electron chi connectivity index (χ3n) is 14.0. The lowest BCUT2D eigenvalue weighted by Gasteiger charge is -2.42. The summed E-state index contributed by atoms with van der Waals surface area (Å²) in [5.74, 6) is -1.56. The Morgan fingerprint density at radius 2 is 1.80 bits per heavy atom. The van der Waals surface area contributed by atoms with E-state index in [9.17, 15) is 33.2 Å². The summed E-state index contributed by atoms with van der Waals surface area (Å²) in [7, 11) is 0.577. The number of pyridine rings is 1. The van der Waals surface area contributed by atoms with Gasteiger partial charge in [-0.1, -0.05) is 6.92 Å². The number of imide groups is 1. The number of nitrogens with one attached hydrogen (secondary N) is 2. The maximum Gasteiger partial charge on any atom is 0.329 e. The van der Waals surface area contributed by atoms with Crippen LogP contribution in [0.4, 0.5) is 30.8 Å². The molecule has 19 nitrogen and oxygen atoms in total. The molecule has 1 spiro atoms. The van der Waals surface area contributed by atoms with Crippen molar-refractivity contribution in [2.75, 3.05) is 74.6 Å². The van der Waals surface area contributed by atoms with Crippen LogP contribution in [-0.4, -0.2) is 127 Å². The van der Waals surface area contributed by atoms with Gasteiger partial charge in [0.05, 0.1) is 53.7 Å². The number of likely N-dealkylation sites (tertiary alicyclic amines) is 1. The van der Waals surface area contributed by atoms with Crippen LogP contribution in [0.3, 0.4) is 0 Å². The maximum atomic E-state index is 15.8. The molecule has 0 saturated carbocycles. The lowest BCUT2D eigenvalue weighted by Crippen LogP contribution is -2.51. The van der Waals surface area contributed by atoms with Crippen molar-refractivity contribution in [1.29, 1.82) is 5.26 Å². The summed E-state index contributed by atoms with van der Waals surface area (Å²) >= 11 is 0. The number of nitrogens with zero attached hydrogens (tertiary/aromatic N) is 8. The van der Waals surface area contributed by atoms with E-state index in [1.54, 1.807) is 54.0 Å². The highest BCUT2D eigenvalue weighted by Crippen LogP contribution is 2.47. The van der Waals surface area contributed by atoms with Crippen LogP contribution < -0.4 is 29.3 Å². The largest absolute Gasteiger partial charge is 0.496 e. The second kappa shape index (κ2) is 18.3. The summed E-state index contributed by atoms with van der Waals surface area (Å²) in [4.78, 5) is 47.6. The second-order valence-corrected chi connectivity index (χ2v) is 19.9. The Balaban J connectivity index is 0.823. The lowest BCUT2D eigenvalue weighted by atomic mass is 9.82. The van der Waals surface area contributed by atoms with Crippen molar-refractivity contribution in [2.45, 2.75) is 69.0 Å². The van der Waals surface area contributed by atoms with Crippen molar-refractivity contribution in [3.8, 4) is 23.3 Å². The first-order chi connectivity index (χ1) is 32.9. The van der Waals surface area contributed by atoms with Crippen LogP contribution in [0, 0.1) is 23.0 Å². The van der Waals surface area contributed by atoms with Gasteiger partial charge in [-0.05, 0) is 74.6 Å². The number of carbonyl (C=O) groups excluding carboxylic acids is 3. The zero-order chi connectivity index (χ0) is 49.0. The highest BCUT2D eigenvalue weighted by molar-refractivity contribution is 7.90. The molecule has 5 aromatic rings. The standard InChI is InChI=1S/C47H52F2N10O9S/c1-5-55(2)69(64,65)54-37-9-7-34(48)43(32(37)25-50)68-29-6-8-36-30(20-29)42(66-4)33(26-51-36)28-23-47(67-27-28)13-18-58(19-14-47)41(61)24-46(63)11-16-57(17-12-46)39-22-38-31(21-35(39)49)44(53-56(38)3)59-15-10-40(60)52-45(59)62/h6-9,20-22,26,28,54,63H,5,10-19,23-24,27H2,1-4H3,(H,52,60,62)/t28-/m0/s1. The molecule has 3 N–H and O–H groups in total. The second-order valence-electron chi connectivity index (χ2n) is 18.1. The first-order valence-electron chi connectivity index (χ1n) is 22.7. The molecule has 9 rings (SSSR count). The molecule has 4 fully saturated rings. The average molecular weight is 971 g/mol. The van der Waals surface area contributed by atoms with Gasteiger partial charge in [0.1, 0.15) is 28.9 Å². The number of methoxy groups -OCH3 is 1. The number of urea groups is 1. The topological polar surface area (TPSA) is 225 Å². The number of aryl methyl sites for hydroxylation is 1. The van der Waals surface area contributed by atoms with Crippen molar-refractivity contribution in [2.24, 2.45) is 7.05 Å². The molecule has 4 saturated heterocycles. The number of aliphatic hydroxyl groups is 1. The van der Waals surface area contributed by atoms with Gasteiger partial charge >= 0.3 is 16.2 Å². The number of hydrogen-bond acceptors (Lipinski definition) is 13. The van der Waals surface area contributed by atoms with Crippen LogP contribution >= 0.6 is 0 Å². The molecule has 6 heterocycles. The van der Waals surface area contributed by atoms with Gasteiger partial charge in [0.15, 0.2) is 17.4 Å². The lowest BCUT2D eigenvalue weighted by molar-refractivity contribution is -0.142. The number of carbonyl (C=O) groups is 3. The first-order valence-corrected chi connectivity index (χ1v) is 24.2. The Kier molecular flexibility index (Phi) is 12.6. The summed E-state index contributed by atoms with van der Waals surface area (Å²) in [6, 6.07) is 11.3. The number of benzene rings is 3. The van der Waals surface area contributed by atoms with Crippen LogP contribution in [0.2, 0.25) is 0 Å². The molecule has 4 aliphatic rings. The predicted octanol–water partition coefficient (Wildman–Crippen LogP) is 5.41. The number of ether oxygens (including phenoxy) is 3. The van der Waals surface area contributed by atoms with Crippen LogP contribution in [0.15, 0.2) is 48.7 Å². The number of anilines is 3. The van der Waals surface area contributed by atoms with Gasteiger partial charge in [-0.2, -0.15) is 23.1 Å². The van der Waals surface area contributed by atoms with E-state index in [0.29, 0.717) is 85.3 Å². The van der Waals surface area contributed by atoms with Crippen LogP contribution in [0.1, 0.15) is 68.9 Å². The van der Waals surface area contributed by atoms with E-state index in [-0.39, 0.29) is 79.3 Å². The van der Waals surface area contributed by atoms with Crippen molar-refractivity contribution in [3.63, 3.8) is 0 Å². The van der Waals surface area contributed by atoms with Gasteiger partial charge in [-0.15, -0.1) is 0 Å². The van der Waals surface area contributed by atoms with E-state index in [1.807, 2.05) is 11.0 Å².